The van der Waals surface area contributed by atoms with E-state index >= 15 is 0 Å². The molecule has 3 aromatic rings. The number of rotatable bonds is 3. The monoisotopic (exact) mass is 309 g/mol. The third kappa shape index (κ3) is 3.29. The zero-order valence-corrected chi connectivity index (χ0v) is 12.4. The van der Waals surface area contributed by atoms with Crippen molar-refractivity contribution >= 4 is 29.0 Å². The van der Waals surface area contributed by atoms with Gasteiger partial charge in [0, 0.05) is 23.6 Å². The molecule has 0 saturated heterocycles. The molecule has 4 N–H and O–H groups in total. The molecule has 3 rings (SSSR count). The average molecular weight is 309 g/mol. The summed E-state index contributed by atoms with van der Waals surface area (Å²) < 4.78 is 1.84. The Bertz CT molecular complexity index is 900. The lowest BCUT2D eigenvalue weighted by Crippen LogP contribution is -2.19. The molecule has 0 atom stereocenters. The second-order valence-corrected chi connectivity index (χ2v) is 5.09. The van der Waals surface area contributed by atoms with Gasteiger partial charge in [0.05, 0.1) is 11.4 Å². The van der Waals surface area contributed by atoms with E-state index in [-0.39, 0.29) is 5.91 Å². The van der Waals surface area contributed by atoms with Gasteiger partial charge < -0.3 is 20.8 Å². The predicted octanol–water partition coefficient (Wildman–Crippen LogP) is 2.39. The molecule has 0 bridgehead atoms. The minimum absolute atomic E-state index is 0.283. The lowest BCUT2D eigenvalue weighted by atomic mass is 10.2. The van der Waals surface area contributed by atoms with Gasteiger partial charge in [0.2, 0.25) is 0 Å². The second kappa shape index (κ2) is 5.80. The van der Waals surface area contributed by atoms with Crippen LogP contribution in [0.2, 0.25) is 0 Å². The molecule has 2 aromatic heterocycles. The lowest BCUT2D eigenvalue weighted by Gasteiger charge is -2.07. The smallest absolute Gasteiger partial charge is 0.316 e. The molecule has 116 valence electrons. The number of urea groups is 1. The number of imidazole rings is 1. The summed E-state index contributed by atoms with van der Waals surface area (Å²) in [6.07, 6.45) is 3.67. The van der Waals surface area contributed by atoms with E-state index in [1.807, 2.05) is 23.6 Å². The van der Waals surface area contributed by atoms with Crippen molar-refractivity contribution in [1.29, 1.82) is 0 Å². The molecule has 0 aliphatic rings. The number of anilines is 2. The predicted molar refractivity (Wildman–Crippen MR) is 87.5 cm³/mol. The highest BCUT2D eigenvalue weighted by Crippen LogP contribution is 2.15. The molecule has 7 heteroatoms. The van der Waals surface area contributed by atoms with Crippen LogP contribution in [-0.2, 0) is 0 Å². The molecule has 0 spiro atoms. The highest BCUT2D eigenvalue weighted by atomic mass is 16.2. The summed E-state index contributed by atoms with van der Waals surface area (Å²) in [7, 11) is 0. The summed E-state index contributed by atoms with van der Waals surface area (Å²) >= 11 is 0. The first-order chi connectivity index (χ1) is 11.0. The number of hydrogen-bond acceptors (Lipinski definition) is 3. The van der Waals surface area contributed by atoms with Gasteiger partial charge >= 0.3 is 6.03 Å². The molecule has 0 aliphatic carbocycles. The van der Waals surface area contributed by atoms with Gasteiger partial charge in [-0.15, -0.1) is 0 Å². The Morgan fingerprint density at radius 1 is 1.09 bits per heavy atom. The maximum absolute atomic E-state index is 12.3. The van der Waals surface area contributed by atoms with Gasteiger partial charge in [-0.05, 0) is 37.3 Å². The fourth-order valence-electron chi connectivity index (χ4n) is 2.28. The molecular formula is C16H15N5O2. The van der Waals surface area contributed by atoms with Gasteiger partial charge in [-0.25, -0.2) is 9.78 Å². The molecule has 2 heterocycles. The summed E-state index contributed by atoms with van der Waals surface area (Å²) in [5.74, 6) is -0.283. The Balaban J connectivity index is 1.81. The van der Waals surface area contributed by atoms with Crippen molar-refractivity contribution in [3.63, 3.8) is 0 Å². The van der Waals surface area contributed by atoms with Crippen LogP contribution >= 0.6 is 0 Å². The van der Waals surface area contributed by atoms with Crippen molar-refractivity contribution in [2.45, 2.75) is 6.92 Å². The molecule has 23 heavy (non-hydrogen) atoms. The number of fused-ring (bicyclic) bond motifs is 1. The summed E-state index contributed by atoms with van der Waals surface area (Å²) in [6, 6.07) is 9.47. The Morgan fingerprint density at radius 3 is 2.70 bits per heavy atom. The highest BCUT2D eigenvalue weighted by Gasteiger charge is 2.08. The standard InChI is InChI=1S/C16H15N5O2/c1-10-8-21-9-13(5-6-14(21)18-10)19-15(22)11-3-2-4-12(7-11)20-16(17)23/h2-9H,1H3,(H,19,22)(H3,17,20,23). The van der Waals surface area contributed by atoms with Gasteiger partial charge in [0.25, 0.3) is 5.91 Å². The van der Waals surface area contributed by atoms with Crippen molar-refractivity contribution in [1.82, 2.24) is 9.38 Å². The Morgan fingerprint density at radius 2 is 1.91 bits per heavy atom. The minimum Gasteiger partial charge on any atom is -0.351 e. The average Bonchev–Trinajstić information content (AvgIpc) is 2.86. The molecule has 7 nitrogen and oxygen atoms in total. The molecule has 0 fully saturated rings. The Hall–Kier alpha value is -3.35. The van der Waals surface area contributed by atoms with Gasteiger partial charge in [0.15, 0.2) is 0 Å². The van der Waals surface area contributed by atoms with Crippen LogP contribution in [0.15, 0.2) is 48.8 Å². The van der Waals surface area contributed by atoms with Crippen molar-refractivity contribution in [2.24, 2.45) is 5.73 Å². The van der Waals surface area contributed by atoms with Crippen LogP contribution in [0.25, 0.3) is 5.65 Å². The topological polar surface area (TPSA) is 102 Å². The number of nitrogens with zero attached hydrogens (tertiary/aromatic N) is 2. The highest BCUT2D eigenvalue weighted by molar-refractivity contribution is 6.05. The van der Waals surface area contributed by atoms with Crippen molar-refractivity contribution in [3.05, 3.63) is 60.0 Å². The van der Waals surface area contributed by atoms with Gasteiger partial charge in [-0.1, -0.05) is 6.07 Å². The maximum atomic E-state index is 12.3. The maximum Gasteiger partial charge on any atom is 0.316 e. The van der Waals surface area contributed by atoms with E-state index in [0.717, 1.165) is 11.3 Å². The van der Waals surface area contributed by atoms with E-state index in [1.165, 1.54) is 0 Å². The quantitative estimate of drug-likeness (QED) is 0.692. The van der Waals surface area contributed by atoms with Crippen LogP contribution in [-0.4, -0.2) is 21.3 Å². The van der Waals surface area contributed by atoms with E-state index in [9.17, 15) is 9.59 Å². The first kappa shape index (κ1) is 14.6. The number of carbonyl (C=O) groups excluding carboxylic acids is 2. The molecule has 3 amide bonds. The number of carbonyl (C=O) groups is 2. The van der Waals surface area contributed by atoms with Gasteiger partial charge in [0.1, 0.15) is 5.65 Å². The Labute approximate surface area is 132 Å². The second-order valence-electron chi connectivity index (χ2n) is 5.09. The SMILES string of the molecule is Cc1cn2cc(NC(=O)c3cccc(NC(N)=O)c3)ccc2n1. The number of amides is 3. The van der Waals surface area contributed by atoms with E-state index in [2.05, 4.69) is 15.6 Å². The van der Waals surface area contributed by atoms with E-state index < -0.39 is 6.03 Å². The number of nitrogens with two attached hydrogens (primary N) is 1. The third-order valence-electron chi connectivity index (χ3n) is 3.22. The van der Waals surface area contributed by atoms with E-state index in [1.54, 1.807) is 36.5 Å². The molecule has 0 aliphatic heterocycles. The van der Waals surface area contributed by atoms with Crippen molar-refractivity contribution in [2.75, 3.05) is 10.6 Å². The zero-order chi connectivity index (χ0) is 16.4. The van der Waals surface area contributed by atoms with Crippen LogP contribution in [0.3, 0.4) is 0 Å². The molecule has 0 radical (unpaired) electrons. The fraction of sp³-hybridized carbons (Fsp3) is 0.0625. The van der Waals surface area contributed by atoms with Crippen LogP contribution in [0.4, 0.5) is 16.2 Å². The van der Waals surface area contributed by atoms with Crippen LogP contribution in [0.1, 0.15) is 16.1 Å². The number of aryl methyl sites for hydroxylation is 1. The third-order valence-corrected chi connectivity index (χ3v) is 3.22. The lowest BCUT2D eigenvalue weighted by molar-refractivity contribution is 0.102. The molecular weight excluding hydrogens is 294 g/mol. The number of pyridine rings is 1. The van der Waals surface area contributed by atoms with Crippen LogP contribution < -0.4 is 16.4 Å². The van der Waals surface area contributed by atoms with E-state index in [4.69, 9.17) is 5.73 Å². The zero-order valence-electron chi connectivity index (χ0n) is 12.4. The minimum atomic E-state index is -0.677. The Kier molecular flexibility index (Phi) is 3.68. The van der Waals surface area contributed by atoms with Gasteiger partial charge in [-0.2, -0.15) is 0 Å². The number of aromatic nitrogens is 2. The molecule has 1 aromatic carbocycles. The van der Waals surface area contributed by atoms with Crippen LogP contribution in [0, 0.1) is 6.92 Å². The summed E-state index contributed by atoms with van der Waals surface area (Å²) in [6.45, 7) is 1.91. The first-order valence-electron chi connectivity index (χ1n) is 6.94. The summed E-state index contributed by atoms with van der Waals surface area (Å²) in [5, 5.41) is 5.25. The fourth-order valence-corrected chi connectivity index (χ4v) is 2.28. The normalized spacial score (nSPS) is 10.5. The first-order valence-corrected chi connectivity index (χ1v) is 6.94. The summed E-state index contributed by atoms with van der Waals surface area (Å²) in [4.78, 5) is 27.5. The van der Waals surface area contributed by atoms with E-state index in [0.29, 0.717) is 16.9 Å². The largest absolute Gasteiger partial charge is 0.351 e. The van der Waals surface area contributed by atoms with Crippen molar-refractivity contribution < 1.29 is 9.59 Å². The number of nitrogens with one attached hydrogen (secondary N) is 2. The molecule has 0 saturated carbocycles. The summed E-state index contributed by atoms with van der Waals surface area (Å²) in [5.41, 5.74) is 8.31. The number of hydrogen-bond donors (Lipinski definition) is 3. The number of primary amides is 1. The number of benzene rings is 1. The molecule has 0 unspecified atom stereocenters. The van der Waals surface area contributed by atoms with Crippen LogP contribution in [0.5, 0.6) is 0 Å². The van der Waals surface area contributed by atoms with Gasteiger partial charge in [-0.3, -0.25) is 4.79 Å². The van der Waals surface area contributed by atoms with Crippen molar-refractivity contribution in [3.8, 4) is 0 Å².